The monoisotopic (exact) mass is 429 g/mol. The van der Waals surface area contributed by atoms with Crippen LogP contribution in [0.15, 0.2) is 60.7 Å². The molecule has 0 fully saturated rings. The Kier molecular flexibility index (Phi) is 4.67. The Bertz CT molecular complexity index is 1310. The Morgan fingerprint density at radius 2 is 1.56 bits per heavy atom. The summed E-state index contributed by atoms with van der Waals surface area (Å²) in [6.07, 6.45) is 0. The maximum Gasteiger partial charge on any atom is 0.339 e. The first-order valence-electron chi connectivity index (χ1n) is 9.71. The molecule has 1 N–H and O–H groups in total. The van der Waals surface area contributed by atoms with E-state index in [9.17, 15) is 19.2 Å². The van der Waals surface area contributed by atoms with Crippen LogP contribution in [0.2, 0.25) is 0 Å². The van der Waals surface area contributed by atoms with Gasteiger partial charge >= 0.3 is 5.97 Å². The van der Waals surface area contributed by atoms with Crippen LogP contribution >= 0.6 is 0 Å². The molecule has 8 nitrogen and oxygen atoms in total. The number of hydrogen-bond donors (Lipinski definition) is 1. The second kappa shape index (κ2) is 7.66. The molecule has 0 atom stereocenters. The Morgan fingerprint density at radius 3 is 2.38 bits per heavy atom. The fraction of sp³-hybridized carbons (Fsp3) is 0.0833. The second-order valence-electron chi connectivity index (χ2n) is 7.12. The summed E-state index contributed by atoms with van der Waals surface area (Å²) in [4.78, 5) is 50.7. The maximum atomic E-state index is 13.0. The molecule has 0 saturated heterocycles. The van der Waals surface area contributed by atoms with Crippen LogP contribution < -0.4 is 14.8 Å². The topological polar surface area (TPSA) is 108 Å². The van der Waals surface area contributed by atoms with Crippen molar-refractivity contribution in [2.24, 2.45) is 0 Å². The van der Waals surface area contributed by atoms with E-state index in [1.807, 2.05) is 0 Å². The third-order valence-corrected chi connectivity index (χ3v) is 5.16. The standard InChI is InChI=1S/C24H15NO7/c26-20(25-13-8-9-18-19(10-13)32-12-31-18)11-30-24(29)17-7-3-6-16-21(17)23(28)15-5-2-1-4-14(15)22(16)27/h1-10H,11-12H2,(H,25,26). The number of ether oxygens (including phenoxy) is 3. The zero-order valence-corrected chi connectivity index (χ0v) is 16.5. The Hall–Kier alpha value is -4.46. The molecule has 0 spiro atoms. The number of carbonyl (C=O) groups is 4. The maximum absolute atomic E-state index is 13.0. The van der Waals surface area contributed by atoms with Gasteiger partial charge in [0.1, 0.15) is 0 Å². The van der Waals surface area contributed by atoms with E-state index < -0.39 is 24.3 Å². The number of ketones is 2. The fourth-order valence-electron chi connectivity index (χ4n) is 3.70. The lowest BCUT2D eigenvalue weighted by Gasteiger charge is -2.19. The van der Waals surface area contributed by atoms with E-state index >= 15 is 0 Å². The molecule has 1 heterocycles. The first-order chi connectivity index (χ1) is 15.5. The molecule has 5 rings (SSSR count). The molecule has 3 aromatic carbocycles. The zero-order chi connectivity index (χ0) is 22.2. The van der Waals surface area contributed by atoms with Gasteiger partial charge in [0.15, 0.2) is 29.7 Å². The SMILES string of the molecule is O=C(COC(=O)c1cccc2c1C(=O)c1ccccc1C2=O)Nc1ccc2c(c1)OCO2. The molecule has 1 aliphatic carbocycles. The van der Waals surface area contributed by atoms with E-state index in [4.69, 9.17) is 14.2 Å². The molecule has 1 amide bonds. The molecule has 32 heavy (non-hydrogen) atoms. The predicted octanol–water partition coefficient (Wildman–Crippen LogP) is 2.99. The lowest BCUT2D eigenvalue weighted by atomic mass is 9.82. The van der Waals surface area contributed by atoms with Crippen molar-refractivity contribution in [2.75, 3.05) is 18.7 Å². The van der Waals surface area contributed by atoms with Crippen molar-refractivity contribution in [1.82, 2.24) is 0 Å². The molecule has 0 radical (unpaired) electrons. The predicted molar refractivity (Wildman–Crippen MR) is 111 cm³/mol. The summed E-state index contributed by atoms with van der Waals surface area (Å²) in [6, 6.07) is 15.7. The van der Waals surface area contributed by atoms with Crippen LogP contribution in [0.3, 0.4) is 0 Å². The normalized spacial score (nSPS) is 13.2. The van der Waals surface area contributed by atoms with Crippen LogP contribution in [0.1, 0.15) is 42.2 Å². The van der Waals surface area contributed by atoms with Crippen molar-refractivity contribution in [2.45, 2.75) is 0 Å². The number of carbonyl (C=O) groups excluding carboxylic acids is 4. The summed E-state index contributed by atoms with van der Waals surface area (Å²) in [5, 5.41) is 2.60. The highest BCUT2D eigenvalue weighted by atomic mass is 16.7. The molecular formula is C24H15NO7. The molecule has 158 valence electrons. The van der Waals surface area contributed by atoms with Gasteiger partial charge in [-0.25, -0.2) is 4.79 Å². The van der Waals surface area contributed by atoms with Gasteiger partial charge in [-0.05, 0) is 18.2 Å². The van der Waals surface area contributed by atoms with E-state index in [1.165, 1.54) is 18.2 Å². The summed E-state index contributed by atoms with van der Waals surface area (Å²) in [5.41, 5.74) is 1.02. The molecule has 0 saturated carbocycles. The summed E-state index contributed by atoms with van der Waals surface area (Å²) >= 11 is 0. The quantitative estimate of drug-likeness (QED) is 0.497. The molecule has 2 aliphatic rings. The van der Waals surface area contributed by atoms with Gasteiger partial charge in [-0.15, -0.1) is 0 Å². The molecule has 0 bridgehead atoms. The number of amides is 1. The summed E-state index contributed by atoms with van der Waals surface area (Å²) in [6.45, 7) is -0.465. The average Bonchev–Trinajstić information content (AvgIpc) is 3.28. The Labute approximate surface area is 181 Å². The largest absolute Gasteiger partial charge is 0.454 e. The fourth-order valence-corrected chi connectivity index (χ4v) is 3.70. The average molecular weight is 429 g/mol. The van der Waals surface area contributed by atoms with E-state index in [2.05, 4.69) is 5.32 Å². The number of anilines is 1. The molecule has 0 unspecified atom stereocenters. The minimum absolute atomic E-state index is 0.0163. The summed E-state index contributed by atoms with van der Waals surface area (Å²) in [5.74, 6) is -1.15. The zero-order valence-electron chi connectivity index (χ0n) is 16.5. The molecule has 8 heteroatoms. The van der Waals surface area contributed by atoms with Crippen molar-refractivity contribution in [3.63, 3.8) is 0 Å². The number of rotatable bonds is 4. The first kappa shape index (κ1) is 19.5. The van der Waals surface area contributed by atoms with Gasteiger partial charge in [0, 0.05) is 34.0 Å². The van der Waals surface area contributed by atoms with Crippen LogP contribution in [0.4, 0.5) is 5.69 Å². The number of fused-ring (bicyclic) bond motifs is 3. The smallest absolute Gasteiger partial charge is 0.339 e. The van der Waals surface area contributed by atoms with E-state index in [1.54, 1.807) is 42.5 Å². The Balaban J connectivity index is 1.32. The highest BCUT2D eigenvalue weighted by Gasteiger charge is 2.33. The number of nitrogens with one attached hydrogen (secondary N) is 1. The highest BCUT2D eigenvalue weighted by molar-refractivity contribution is 6.30. The van der Waals surface area contributed by atoms with E-state index in [-0.39, 0.29) is 34.8 Å². The number of hydrogen-bond acceptors (Lipinski definition) is 7. The van der Waals surface area contributed by atoms with Gasteiger partial charge in [-0.1, -0.05) is 36.4 Å². The molecule has 3 aromatic rings. The lowest BCUT2D eigenvalue weighted by Crippen LogP contribution is -2.26. The summed E-state index contributed by atoms with van der Waals surface area (Å²) in [7, 11) is 0. The summed E-state index contributed by atoms with van der Waals surface area (Å²) < 4.78 is 15.6. The Morgan fingerprint density at radius 1 is 0.844 bits per heavy atom. The van der Waals surface area contributed by atoms with Gasteiger partial charge in [-0.2, -0.15) is 0 Å². The first-order valence-corrected chi connectivity index (χ1v) is 9.71. The number of benzene rings is 3. The van der Waals surface area contributed by atoms with E-state index in [0.29, 0.717) is 22.7 Å². The molecule has 1 aliphatic heterocycles. The minimum atomic E-state index is -0.872. The number of esters is 1. The van der Waals surface area contributed by atoms with Crippen LogP contribution in [0.25, 0.3) is 0 Å². The third-order valence-electron chi connectivity index (χ3n) is 5.16. The van der Waals surface area contributed by atoms with Gasteiger partial charge < -0.3 is 19.5 Å². The van der Waals surface area contributed by atoms with Gasteiger partial charge in [0.25, 0.3) is 5.91 Å². The van der Waals surface area contributed by atoms with Crippen molar-refractivity contribution in [3.8, 4) is 11.5 Å². The van der Waals surface area contributed by atoms with Gasteiger partial charge in [-0.3, -0.25) is 14.4 Å². The minimum Gasteiger partial charge on any atom is -0.454 e. The van der Waals surface area contributed by atoms with Crippen LogP contribution in [-0.4, -0.2) is 36.8 Å². The molecule has 0 aromatic heterocycles. The van der Waals surface area contributed by atoms with E-state index in [0.717, 1.165) is 0 Å². The third kappa shape index (κ3) is 3.27. The van der Waals surface area contributed by atoms with Crippen molar-refractivity contribution in [1.29, 1.82) is 0 Å². The highest BCUT2D eigenvalue weighted by Crippen LogP contribution is 2.34. The lowest BCUT2D eigenvalue weighted by molar-refractivity contribution is -0.119. The van der Waals surface area contributed by atoms with Crippen molar-refractivity contribution < 1.29 is 33.4 Å². The van der Waals surface area contributed by atoms with Crippen LogP contribution in [-0.2, 0) is 9.53 Å². The van der Waals surface area contributed by atoms with Gasteiger partial charge in [0.05, 0.1) is 5.56 Å². The van der Waals surface area contributed by atoms with Crippen LogP contribution in [0, 0.1) is 0 Å². The second-order valence-corrected chi connectivity index (χ2v) is 7.12. The van der Waals surface area contributed by atoms with Crippen molar-refractivity contribution >= 4 is 29.1 Å². The van der Waals surface area contributed by atoms with Crippen LogP contribution in [0.5, 0.6) is 11.5 Å². The van der Waals surface area contributed by atoms with Gasteiger partial charge in [0.2, 0.25) is 6.79 Å². The molecular weight excluding hydrogens is 414 g/mol. The van der Waals surface area contributed by atoms with Crippen molar-refractivity contribution in [3.05, 3.63) is 88.5 Å².